The molecule has 9 aromatic heterocycles. The normalized spacial score (nSPS) is 11.4. The topological polar surface area (TPSA) is 102 Å². The second kappa shape index (κ2) is 35.9. The molecule has 0 fully saturated rings. The van der Waals surface area contributed by atoms with Crippen LogP contribution in [-0.2, 0) is 0 Å². The van der Waals surface area contributed by atoms with Crippen molar-refractivity contribution in [3.05, 3.63) is 516 Å². The SMILES string of the molecule is c1ccc(-c2cc(-c3ccccc3)cc(-n3c4ccccc4c4ccccc43)c2)cc1.c1ccc(-c2cc(-c3ccccn3)cc(-n3c4ccccc4c4ccccc43)c2)nc1.c1ccc(-c2nc(-c3ccccc3)nc(-c3cccc(-n4c5ccccc5c5ccccc54)c3)n2)cc1.c1ccc2c(c1)c1ccccc1n2-c1cc(-c2ccncc2)cc(-n2c3ccccc3c3ccccc32)c1. The summed E-state index contributed by atoms with van der Waals surface area (Å²) in [6, 6.07) is 173. The smallest absolute Gasteiger partial charge is 0.164 e. The fraction of sp³-hybridized carbons (Fsp3) is 0. The number of hydrogen-bond donors (Lipinski definition) is 0. The number of pyridine rings is 3. The summed E-state index contributed by atoms with van der Waals surface area (Å²) in [6.45, 7) is 0. The molecule has 0 amide bonds. The van der Waals surface area contributed by atoms with E-state index in [-0.39, 0.29) is 0 Å². The molecular formula is C126H85N11. The Morgan fingerprint density at radius 3 is 0.650 bits per heavy atom. The third kappa shape index (κ3) is 15.5. The van der Waals surface area contributed by atoms with E-state index in [1.165, 1.54) is 137 Å². The molecule has 27 rings (SSSR count). The lowest BCUT2D eigenvalue weighted by Crippen LogP contribution is -2.01. The average molecular weight is 1750 g/mol. The van der Waals surface area contributed by atoms with Crippen molar-refractivity contribution in [2.45, 2.75) is 0 Å². The van der Waals surface area contributed by atoms with E-state index in [1.807, 2.05) is 122 Å². The molecule has 137 heavy (non-hydrogen) atoms. The van der Waals surface area contributed by atoms with E-state index in [2.05, 4.69) is 432 Å². The molecule has 18 aromatic carbocycles. The fourth-order valence-corrected chi connectivity index (χ4v) is 19.7. The van der Waals surface area contributed by atoms with Gasteiger partial charge in [-0.05, 0) is 197 Å². The third-order valence-electron chi connectivity index (χ3n) is 25.9. The quantitative estimate of drug-likeness (QED) is 0.114. The fourth-order valence-electron chi connectivity index (χ4n) is 19.7. The van der Waals surface area contributed by atoms with Crippen LogP contribution in [0.15, 0.2) is 516 Å². The van der Waals surface area contributed by atoms with Gasteiger partial charge in [0.15, 0.2) is 17.5 Å². The molecular weight excluding hydrogens is 1670 g/mol. The third-order valence-corrected chi connectivity index (χ3v) is 25.9. The number of benzene rings is 18. The molecule has 11 nitrogen and oxygen atoms in total. The Bertz CT molecular complexity index is 8340. The van der Waals surface area contributed by atoms with Crippen LogP contribution in [0.25, 0.3) is 228 Å². The Kier molecular flexibility index (Phi) is 21.4. The van der Waals surface area contributed by atoms with Crippen molar-refractivity contribution >= 4 is 109 Å². The maximum absolute atomic E-state index is 4.92. The van der Waals surface area contributed by atoms with Gasteiger partial charge in [-0.25, -0.2) is 15.0 Å². The highest BCUT2D eigenvalue weighted by Crippen LogP contribution is 2.43. The molecule has 11 heteroatoms. The first-order chi connectivity index (χ1) is 68.0. The van der Waals surface area contributed by atoms with Gasteiger partial charge in [-0.2, -0.15) is 0 Å². The molecule has 0 saturated heterocycles. The van der Waals surface area contributed by atoms with Crippen LogP contribution in [0.1, 0.15) is 0 Å². The zero-order valence-electron chi connectivity index (χ0n) is 74.5. The molecule has 0 atom stereocenters. The van der Waals surface area contributed by atoms with Gasteiger partial charge in [0.05, 0.1) is 66.6 Å². The summed E-state index contributed by atoms with van der Waals surface area (Å²) in [7, 11) is 0. The Morgan fingerprint density at radius 2 is 0.350 bits per heavy atom. The van der Waals surface area contributed by atoms with Crippen LogP contribution in [0, 0.1) is 0 Å². The highest BCUT2D eigenvalue weighted by molar-refractivity contribution is 6.14. The van der Waals surface area contributed by atoms with Crippen molar-refractivity contribution in [2.75, 3.05) is 0 Å². The van der Waals surface area contributed by atoms with Crippen molar-refractivity contribution in [3.8, 4) is 118 Å². The monoisotopic (exact) mass is 1750 g/mol. The van der Waals surface area contributed by atoms with Gasteiger partial charge < -0.3 is 22.8 Å². The summed E-state index contributed by atoms with van der Waals surface area (Å²) in [5, 5.41) is 12.6. The number of para-hydroxylation sites is 10. The van der Waals surface area contributed by atoms with E-state index in [0.717, 1.165) is 73.1 Å². The first kappa shape index (κ1) is 81.6. The highest BCUT2D eigenvalue weighted by atomic mass is 15.1. The minimum atomic E-state index is 0.648. The van der Waals surface area contributed by atoms with Crippen molar-refractivity contribution in [1.29, 1.82) is 0 Å². The van der Waals surface area contributed by atoms with Gasteiger partial charge in [-0.1, -0.05) is 328 Å². The summed E-state index contributed by atoms with van der Waals surface area (Å²) < 4.78 is 11.8. The summed E-state index contributed by atoms with van der Waals surface area (Å²) in [5.41, 5.74) is 31.7. The predicted molar refractivity (Wildman–Crippen MR) is 568 cm³/mol. The van der Waals surface area contributed by atoms with Crippen molar-refractivity contribution < 1.29 is 0 Å². The van der Waals surface area contributed by atoms with Gasteiger partial charge in [-0.15, -0.1) is 0 Å². The molecule has 0 saturated carbocycles. The summed E-state index contributed by atoms with van der Waals surface area (Å²) in [5.74, 6) is 1.97. The Balaban J connectivity index is 0.000000100. The number of nitrogens with zero attached hydrogens (tertiary/aromatic N) is 11. The number of rotatable bonds is 13. The second-order valence-electron chi connectivity index (χ2n) is 34.1. The van der Waals surface area contributed by atoms with E-state index >= 15 is 0 Å². The molecule has 0 radical (unpaired) electrons. The molecule has 0 unspecified atom stereocenters. The summed E-state index contributed by atoms with van der Waals surface area (Å²) in [6.07, 6.45) is 7.40. The molecule has 0 bridgehead atoms. The number of fused-ring (bicyclic) bond motifs is 15. The second-order valence-corrected chi connectivity index (χ2v) is 34.1. The lowest BCUT2D eigenvalue weighted by Gasteiger charge is -2.16. The van der Waals surface area contributed by atoms with Gasteiger partial charge in [0.25, 0.3) is 0 Å². The molecule has 0 aliphatic carbocycles. The maximum atomic E-state index is 4.92. The molecule has 0 N–H and O–H groups in total. The largest absolute Gasteiger partial charge is 0.309 e. The van der Waals surface area contributed by atoms with Crippen molar-refractivity contribution in [2.24, 2.45) is 0 Å². The van der Waals surface area contributed by atoms with Crippen LogP contribution >= 0.6 is 0 Å². The van der Waals surface area contributed by atoms with E-state index in [9.17, 15) is 0 Å². The van der Waals surface area contributed by atoms with E-state index < -0.39 is 0 Å². The van der Waals surface area contributed by atoms with E-state index in [1.54, 1.807) is 0 Å². The molecule has 644 valence electrons. The van der Waals surface area contributed by atoms with Crippen LogP contribution in [0.4, 0.5) is 0 Å². The standard InChI is InChI=1S/C35H23N3.C33H22N4.C30H21N.C28H19N3/c1-5-13-32-28(9-1)29-10-2-6-14-33(29)37(32)26-21-25(24-17-19-36-20-18-24)22-27(23-26)38-34-15-7-3-11-30(34)31-12-4-8-16-35(31)38;1-3-12-23(13-4-1)31-34-32(24-14-5-2-6-15-24)36-33(35-31)25-16-11-17-26(22-25)37-29-20-9-7-18-27(29)28-19-8-10-21-30(28)37;1-3-11-22(12-4-1)24-19-25(23-13-5-2-6-14-23)21-26(20-24)31-29-17-9-7-15-27(29)28-16-8-10-18-30(28)31;1-3-13-27-23(9-1)24-10-2-4-14-28(24)31(27)22-18-20(25-11-5-7-15-29-25)17-21(19-22)26-12-6-8-16-30-26/h1-23H;1-22H;1-21H;1-19H. The average Bonchev–Trinajstić information content (AvgIpc) is 1.58. The minimum Gasteiger partial charge on any atom is -0.309 e. The van der Waals surface area contributed by atoms with Crippen LogP contribution in [0.5, 0.6) is 0 Å². The van der Waals surface area contributed by atoms with Gasteiger partial charge in [0.2, 0.25) is 0 Å². The lowest BCUT2D eigenvalue weighted by atomic mass is 9.98. The molecule has 0 aliphatic rings. The first-order valence-electron chi connectivity index (χ1n) is 46.2. The van der Waals surface area contributed by atoms with Gasteiger partial charge in [-0.3, -0.25) is 15.0 Å². The van der Waals surface area contributed by atoms with Crippen molar-refractivity contribution in [3.63, 3.8) is 0 Å². The van der Waals surface area contributed by atoms with Gasteiger partial charge in [0.1, 0.15) is 0 Å². The molecule has 0 aliphatic heterocycles. The first-order valence-corrected chi connectivity index (χ1v) is 46.2. The molecule has 27 aromatic rings. The zero-order chi connectivity index (χ0) is 90.9. The minimum absolute atomic E-state index is 0.648. The number of hydrogen-bond acceptors (Lipinski definition) is 6. The number of aromatic nitrogens is 11. The Hall–Kier alpha value is -18.6. The van der Waals surface area contributed by atoms with E-state index in [4.69, 9.17) is 15.0 Å². The predicted octanol–water partition coefficient (Wildman–Crippen LogP) is 31.9. The van der Waals surface area contributed by atoms with Crippen LogP contribution < -0.4 is 0 Å². The van der Waals surface area contributed by atoms with Crippen LogP contribution in [0.3, 0.4) is 0 Å². The molecule has 0 spiro atoms. The maximum Gasteiger partial charge on any atom is 0.164 e. The lowest BCUT2D eigenvalue weighted by molar-refractivity contribution is 1.07. The Labute approximate surface area is 791 Å². The molecule has 9 heterocycles. The Morgan fingerprint density at radius 1 is 0.131 bits per heavy atom. The van der Waals surface area contributed by atoms with Gasteiger partial charge >= 0.3 is 0 Å². The summed E-state index contributed by atoms with van der Waals surface area (Å²) >= 11 is 0. The zero-order valence-corrected chi connectivity index (χ0v) is 74.5. The highest BCUT2D eigenvalue weighted by Gasteiger charge is 2.23. The van der Waals surface area contributed by atoms with Crippen LogP contribution in [0.2, 0.25) is 0 Å². The van der Waals surface area contributed by atoms with Crippen molar-refractivity contribution in [1.82, 2.24) is 52.7 Å². The summed E-state index contributed by atoms with van der Waals surface area (Å²) in [4.78, 5) is 28.1. The van der Waals surface area contributed by atoms with Gasteiger partial charge in [0, 0.05) is 135 Å². The van der Waals surface area contributed by atoms with E-state index in [0.29, 0.717) is 17.5 Å². The van der Waals surface area contributed by atoms with Crippen LogP contribution in [-0.4, -0.2) is 52.7 Å².